The molecular formula is C27H34N6O5. The highest BCUT2D eigenvalue weighted by molar-refractivity contribution is 6.05. The molecule has 2 heterocycles. The van der Waals surface area contributed by atoms with Gasteiger partial charge in [-0.3, -0.25) is 9.79 Å². The quantitative estimate of drug-likeness (QED) is 0.312. The number of benzene rings is 2. The number of aliphatic imine (C=N–C) groups is 1. The van der Waals surface area contributed by atoms with Gasteiger partial charge in [0.1, 0.15) is 18.5 Å². The first-order valence-electron chi connectivity index (χ1n) is 12.8. The lowest BCUT2D eigenvalue weighted by molar-refractivity contribution is -0.139. The van der Waals surface area contributed by atoms with Crippen LogP contribution < -0.4 is 26.6 Å². The van der Waals surface area contributed by atoms with E-state index in [0.717, 1.165) is 42.2 Å². The van der Waals surface area contributed by atoms with E-state index in [4.69, 9.17) is 10.5 Å². The molecule has 1 atom stereocenters. The monoisotopic (exact) mass is 522 g/mol. The summed E-state index contributed by atoms with van der Waals surface area (Å²) in [6.45, 7) is 2.70. The normalized spacial score (nSPS) is 16.5. The van der Waals surface area contributed by atoms with Gasteiger partial charge in [-0.05, 0) is 37.0 Å². The molecule has 0 aliphatic carbocycles. The minimum absolute atomic E-state index is 0.0159. The average molecular weight is 523 g/mol. The predicted octanol–water partition coefficient (Wildman–Crippen LogP) is 1.72. The third kappa shape index (κ3) is 6.93. The van der Waals surface area contributed by atoms with E-state index in [-0.39, 0.29) is 25.0 Å². The summed E-state index contributed by atoms with van der Waals surface area (Å²) in [7, 11) is 0. The van der Waals surface area contributed by atoms with Gasteiger partial charge < -0.3 is 36.4 Å². The second-order valence-electron chi connectivity index (χ2n) is 9.35. The number of nitrogens with two attached hydrogens (primary N) is 1. The number of para-hydroxylation sites is 1. The summed E-state index contributed by atoms with van der Waals surface area (Å²) in [5.74, 6) is -0.947. The molecule has 2 aliphatic heterocycles. The van der Waals surface area contributed by atoms with Gasteiger partial charge in [0.25, 0.3) is 0 Å². The second kappa shape index (κ2) is 12.8. The summed E-state index contributed by atoms with van der Waals surface area (Å²) in [6.07, 6.45) is 1.33. The number of alkyl carbamates (subject to hydrolysis) is 1. The SMILES string of the molecule is Nc1c(C2=NCCCN2)cccc1N1CCC(C(=O)NC[C@H](NC(=O)OCc2ccccc2)C(=O)O)CC1. The molecule has 0 unspecified atom stereocenters. The standard InChI is InChI=1S/C27H34N6O5/c28-23-20(24-29-12-5-13-30-24)8-4-9-22(23)33-14-10-19(11-15-33)25(34)31-16-21(26(35)36)32-27(37)38-17-18-6-2-1-3-7-18/h1-4,6-9,19,21H,5,10-17,28H2,(H,29,30)(H,31,34)(H,32,37)(H,35,36)/t21-/m0/s1. The van der Waals surface area contributed by atoms with Crippen LogP contribution in [0.15, 0.2) is 53.5 Å². The number of anilines is 2. The molecule has 1 fully saturated rings. The van der Waals surface area contributed by atoms with Crippen molar-refractivity contribution in [1.82, 2.24) is 16.0 Å². The van der Waals surface area contributed by atoms with Crippen molar-refractivity contribution in [3.8, 4) is 0 Å². The number of carbonyl (C=O) groups is 3. The van der Waals surface area contributed by atoms with Crippen molar-refractivity contribution in [1.29, 1.82) is 0 Å². The third-order valence-electron chi connectivity index (χ3n) is 6.73. The smallest absolute Gasteiger partial charge is 0.408 e. The minimum atomic E-state index is -1.30. The Morgan fingerprint density at radius 1 is 1.13 bits per heavy atom. The van der Waals surface area contributed by atoms with Gasteiger partial charge in [0.15, 0.2) is 0 Å². The number of hydrogen-bond donors (Lipinski definition) is 5. The molecular weight excluding hydrogens is 488 g/mol. The Hall–Kier alpha value is -4.28. The topological polar surface area (TPSA) is 158 Å². The molecule has 2 aliphatic rings. The highest BCUT2D eigenvalue weighted by Crippen LogP contribution is 2.31. The van der Waals surface area contributed by atoms with Crippen LogP contribution in [0.3, 0.4) is 0 Å². The molecule has 1 saturated heterocycles. The lowest BCUT2D eigenvalue weighted by atomic mass is 9.95. The van der Waals surface area contributed by atoms with E-state index in [9.17, 15) is 19.5 Å². The average Bonchev–Trinajstić information content (AvgIpc) is 2.95. The van der Waals surface area contributed by atoms with Crippen LogP contribution in [0.4, 0.5) is 16.2 Å². The number of piperidine rings is 1. The maximum Gasteiger partial charge on any atom is 0.408 e. The highest BCUT2D eigenvalue weighted by Gasteiger charge is 2.28. The largest absolute Gasteiger partial charge is 0.480 e. The van der Waals surface area contributed by atoms with Crippen molar-refractivity contribution >= 4 is 35.2 Å². The van der Waals surface area contributed by atoms with Gasteiger partial charge in [-0.25, -0.2) is 9.59 Å². The van der Waals surface area contributed by atoms with Crippen molar-refractivity contribution in [2.45, 2.75) is 31.9 Å². The Morgan fingerprint density at radius 3 is 2.58 bits per heavy atom. The van der Waals surface area contributed by atoms with E-state index in [0.29, 0.717) is 31.6 Å². The first-order chi connectivity index (χ1) is 18.4. The van der Waals surface area contributed by atoms with E-state index >= 15 is 0 Å². The zero-order valence-corrected chi connectivity index (χ0v) is 21.2. The van der Waals surface area contributed by atoms with Crippen LogP contribution in [0.5, 0.6) is 0 Å². The maximum atomic E-state index is 12.8. The molecule has 2 aromatic carbocycles. The molecule has 11 nitrogen and oxygen atoms in total. The molecule has 0 saturated carbocycles. The van der Waals surface area contributed by atoms with Crippen molar-refractivity contribution in [2.75, 3.05) is 43.4 Å². The van der Waals surface area contributed by atoms with Crippen LogP contribution in [0.25, 0.3) is 0 Å². The Bertz CT molecular complexity index is 1160. The van der Waals surface area contributed by atoms with Crippen LogP contribution in [0, 0.1) is 5.92 Å². The number of nitrogen functional groups attached to an aromatic ring is 1. The van der Waals surface area contributed by atoms with Crippen LogP contribution in [-0.4, -0.2) is 67.7 Å². The predicted molar refractivity (Wildman–Crippen MR) is 144 cm³/mol. The van der Waals surface area contributed by atoms with E-state index in [1.807, 2.05) is 36.4 Å². The van der Waals surface area contributed by atoms with Gasteiger partial charge in [0.2, 0.25) is 5.91 Å². The van der Waals surface area contributed by atoms with Crippen molar-refractivity contribution in [2.24, 2.45) is 10.9 Å². The number of aliphatic carboxylic acids is 1. The van der Waals surface area contributed by atoms with Crippen LogP contribution in [-0.2, 0) is 20.9 Å². The lowest BCUT2D eigenvalue weighted by Crippen LogP contribution is -2.50. The van der Waals surface area contributed by atoms with Gasteiger partial charge in [0, 0.05) is 44.2 Å². The number of amides is 2. The number of rotatable bonds is 9. The summed E-state index contributed by atoms with van der Waals surface area (Å²) in [6, 6.07) is 13.6. The van der Waals surface area contributed by atoms with Gasteiger partial charge in [0.05, 0.1) is 11.4 Å². The summed E-state index contributed by atoms with van der Waals surface area (Å²) < 4.78 is 5.09. The first-order valence-corrected chi connectivity index (χ1v) is 12.8. The first kappa shape index (κ1) is 26.8. The summed E-state index contributed by atoms with van der Waals surface area (Å²) in [5.41, 5.74) is 9.75. The van der Waals surface area contributed by atoms with E-state index in [1.54, 1.807) is 12.1 Å². The Kier molecular flexibility index (Phi) is 9.02. The summed E-state index contributed by atoms with van der Waals surface area (Å²) in [5, 5.41) is 17.8. The number of hydrogen-bond acceptors (Lipinski definition) is 8. The lowest BCUT2D eigenvalue weighted by Gasteiger charge is -2.34. The second-order valence-corrected chi connectivity index (χ2v) is 9.35. The fourth-order valence-electron chi connectivity index (χ4n) is 4.58. The van der Waals surface area contributed by atoms with Crippen LogP contribution >= 0.6 is 0 Å². The maximum absolute atomic E-state index is 12.8. The number of nitrogens with one attached hydrogen (secondary N) is 3. The Morgan fingerprint density at radius 2 is 1.89 bits per heavy atom. The van der Waals surface area contributed by atoms with Gasteiger partial charge in [-0.2, -0.15) is 0 Å². The third-order valence-corrected chi connectivity index (χ3v) is 6.73. The van der Waals surface area contributed by atoms with E-state index in [2.05, 4.69) is 25.8 Å². The number of amidine groups is 1. The van der Waals surface area contributed by atoms with Crippen molar-refractivity contribution in [3.05, 3.63) is 59.7 Å². The molecule has 0 bridgehead atoms. The van der Waals surface area contributed by atoms with Crippen LogP contribution in [0.2, 0.25) is 0 Å². The molecule has 0 spiro atoms. The summed E-state index contributed by atoms with van der Waals surface area (Å²) in [4.78, 5) is 43.2. The van der Waals surface area contributed by atoms with E-state index in [1.165, 1.54) is 0 Å². The van der Waals surface area contributed by atoms with Gasteiger partial charge in [-0.15, -0.1) is 0 Å². The van der Waals surface area contributed by atoms with Gasteiger partial charge in [-0.1, -0.05) is 36.4 Å². The number of carbonyl (C=O) groups excluding carboxylic acids is 2. The van der Waals surface area contributed by atoms with E-state index < -0.39 is 18.1 Å². The fraction of sp³-hybridized carbons (Fsp3) is 0.407. The number of ether oxygens (including phenoxy) is 1. The Balaban J connectivity index is 1.25. The molecule has 6 N–H and O–H groups in total. The molecule has 0 radical (unpaired) electrons. The fourth-order valence-corrected chi connectivity index (χ4v) is 4.58. The number of nitrogens with zero attached hydrogens (tertiary/aromatic N) is 2. The molecule has 2 aromatic rings. The zero-order valence-electron chi connectivity index (χ0n) is 21.2. The molecule has 11 heteroatoms. The molecule has 38 heavy (non-hydrogen) atoms. The van der Waals surface area contributed by atoms with Crippen LogP contribution in [0.1, 0.15) is 30.4 Å². The molecule has 0 aromatic heterocycles. The van der Waals surface area contributed by atoms with Crippen molar-refractivity contribution < 1.29 is 24.2 Å². The highest BCUT2D eigenvalue weighted by atomic mass is 16.5. The number of carboxylic acids is 1. The minimum Gasteiger partial charge on any atom is -0.480 e. The summed E-state index contributed by atoms with van der Waals surface area (Å²) >= 11 is 0. The van der Waals surface area contributed by atoms with Crippen molar-refractivity contribution in [3.63, 3.8) is 0 Å². The number of carboxylic acid groups (broad SMARTS) is 1. The zero-order chi connectivity index (χ0) is 26.9. The molecule has 202 valence electrons. The van der Waals surface area contributed by atoms with Gasteiger partial charge >= 0.3 is 12.1 Å². The molecule has 2 amide bonds. The Labute approximate surface area is 221 Å². The molecule has 4 rings (SSSR count).